The van der Waals surface area contributed by atoms with Gasteiger partial charge in [-0.1, -0.05) is 42.5 Å². The number of thioether (sulfide) groups is 1. The maximum atomic E-state index is 13.3. The van der Waals surface area contributed by atoms with Crippen molar-refractivity contribution in [2.24, 2.45) is 0 Å². The minimum absolute atomic E-state index is 0.0204. The number of hydrogen-bond donors (Lipinski definition) is 0. The van der Waals surface area contributed by atoms with Crippen molar-refractivity contribution >= 4 is 29.3 Å². The van der Waals surface area contributed by atoms with Crippen molar-refractivity contribution in [1.82, 2.24) is 0 Å². The first kappa shape index (κ1) is 22.1. The van der Waals surface area contributed by atoms with Gasteiger partial charge in [0.05, 0.1) is 11.3 Å². The average Bonchev–Trinajstić information content (AvgIpc) is 3.15. The highest BCUT2D eigenvalue weighted by molar-refractivity contribution is 8.00. The van der Waals surface area contributed by atoms with Crippen molar-refractivity contribution in [2.45, 2.75) is 31.7 Å². The number of carbonyl (C=O) groups is 2. The van der Waals surface area contributed by atoms with Gasteiger partial charge in [-0.2, -0.15) is 0 Å². The zero-order valence-electron chi connectivity index (χ0n) is 18.2. The molecule has 1 heterocycles. The van der Waals surface area contributed by atoms with E-state index >= 15 is 0 Å². The first-order chi connectivity index (χ1) is 15.3. The van der Waals surface area contributed by atoms with Crippen molar-refractivity contribution in [3.05, 3.63) is 101 Å². The quantitative estimate of drug-likeness (QED) is 0.448. The van der Waals surface area contributed by atoms with E-state index in [-0.39, 0.29) is 17.1 Å². The minimum atomic E-state index is -0.778. The Balaban J connectivity index is 1.58. The van der Waals surface area contributed by atoms with Crippen LogP contribution >= 0.6 is 11.8 Å². The Morgan fingerprint density at radius 2 is 1.75 bits per heavy atom. The maximum absolute atomic E-state index is 13.3. The summed E-state index contributed by atoms with van der Waals surface area (Å²) in [6.45, 7) is 5.58. The van der Waals surface area contributed by atoms with E-state index in [2.05, 4.69) is 0 Å². The normalized spacial score (nSPS) is 16.3. The number of aryl methyl sites for hydroxylation is 1. The van der Waals surface area contributed by atoms with Gasteiger partial charge in [-0.15, -0.1) is 11.8 Å². The first-order valence-corrected chi connectivity index (χ1v) is 11.4. The standard InChI is InChI=1S/C26H24FNO3S/c1-17-15-19(25(30)31-26(2,3)20-7-5-4-6-8-20)11-14-22(17)28-23(29)16-32-24(28)18-9-12-21(27)13-10-18/h4-15,24H,16H2,1-3H3. The van der Waals surface area contributed by atoms with E-state index in [0.717, 1.165) is 22.4 Å². The van der Waals surface area contributed by atoms with E-state index in [9.17, 15) is 14.0 Å². The van der Waals surface area contributed by atoms with Crippen LogP contribution in [0.25, 0.3) is 0 Å². The average molecular weight is 450 g/mol. The molecule has 1 fully saturated rings. The van der Waals surface area contributed by atoms with Crippen molar-refractivity contribution in [3.8, 4) is 0 Å². The van der Waals surface area contributed by atoms with Crippen LogP contribution in [-0.2, 0) is 15.1 Å². The van der Waals surface area contributed by atoms with Gasteiger partial charge in [0, 0.05) is 5.69 Å². The maximum Gasteiger partial charge on any atom is 0.339 e. The van der Waals surface area contributed by atoms with Crippen molar-refractivity contribution < 1.29 is 18.7 Å². The molecule has 6 heteroatoms. The lowest BCUT2D eigenvalue weighted by molar-refractivity contribution is -0.115. The van der Waals surface area contributed by atoms with Crippen LogP contribution in [0.3, 0.4) is 0 Å². The molecule has 0 aliphatic carbocycles. The summed E-state index contributed by atoms with van der Waals surface area (Å²) in [7, 11) is 0. The number of anilines is 1. The molecule has 0 bridgehead atoms. The SMILES string of the molecule is Cc1cc(C(=O)OC(C)(C)c2ccccc2)ccc1N1C(=O)CSC1c1ccc(F)cc1. The molecule has 3 aromatic rings. The van der Waals surface area contributed by atoms with Crippen molar-refractivity contribution in [2.75, 3.05) is 10.7 Å². The Bertz CT molecular complexity index is 1150. The van der Waals surface area contributed by atoms with Crippen LogP contribution in [0.2, 0.25) is 0 Å². The number of halogens is 1. The molecule has 4 rings (SSSR count). The second-order valence-electron chi connectivity index (χ2n) is 8.25. The summed E-state index contributed by atoms with van der Waals surface area (Å²) in [6.07, 6.45) is 0. The fourth-order valence-electron chi connectivity index (χ4n) is 3.80. The third-order valence-corrected chi connectivity index (χ3v) is 6.74. The van der Waals surface area contributed by atoms with Crippen LogP contribution in [0, 0.1) is 12.7 Å². The number of rotatable bonds is 5. The Morgan fingerprint density at radius 3 is 2.41 bits per heavy atom. The molecule has 1 atom stereocenters. The Hall–Kier alpha value is -3.12. The molecular weight excluding hydrogens is 425 g/mol. The highest BCUT2D eigenvalue weighted by Crippen LogP contribution is 2.43. The molecule has 1 unspecified atom stereocenters. The number of hydrogen-bond acceptors (Lipinski definition) is 4. The topological polar surface area (TPSA) is 46.6 Å². The molecule has 32 heavy (non-hydrogen) atoms. The Kier molecular flexibility index (Phi) is 6.07. The van der Waals surface area contributed by atoms with E-state index in [1.54, 1.807) is 35.2 Å². The van der Waals surface area contributed by atoms with Gasteiger partial charge in [-0.3, -0.25) is 9.69 Å². The lowest BCUT2D eigenvalue weighted by Gasteiger charge is -2.27. The molecule has 1 saturated heterocycles. The largest absolute Gasteiger partial charge is 0.451 e. The van der Waals surface area contributed by atoms with Crippen molar-refractivity contribution in [1.29, 1.82) is 0 Å². The molecule has 0 N–H and O–H groups in total. The number of amides is 1. The number of ether oxygens (including phenoxy) is 1. The molecule has 3 aromatic carbocycles. The fourth-order valence-corrected chi connectivity index (χ4v) is 4.97. The molecule has 0 saturated carbocycles. The third-order valence-electron chi connectivity index (χ3n) is 5.53. The van der Waals surface area contributed by atoms with Gasteiger partial charge in [-0.25, -0.2) is 9.18 Å². The summed E-state index contributed by atoms with van der Waals surface area (Å²) in [5.74, 6) is -0.415. The zero-order chi connectivity index (χ0) is 22.9. The molecule has 164 valence electrons. The number of esters is 1. The lowest BCUT2D eigenvalue weighted by Crippen LogP contribution is -2.29. The van der Waals surface area contributed by atoms with Gasteiger partial charge in [0.1, 0.15) is 16.8 Å². The molecule has 0 radical (unpaired) electrons. The first-order valence-electron chi connectivity index (χ1n) is 10.3. The summed E-state index contributed by atoms with van der Waals surface area (Å²) >= 11 is 1.50. The van der Waals surface area contributed by atoms with Gasteiger partial charge < -0.3 is 4.74 Å². The summed E-state index contributed by atoms with van der Waals surface area (Å²) in [6, 6.07) is 21.0. The molecule has 0 aromatic heterocycles. The highest BCUT2D eigenvalue weighted by Gasteiger charge is 2.35. The monoisotopic (exact) mass is 449 g/mol. The molecule has 1 aliphatic rings. The van der Waals surface area contributed by atoms with Gasteiger partial charge >= 0.3 is 5.97 Å². The smallest absolute Gasteiger partial charge is 0.339 e. The lowest BCUT2D eigenvalue weighted by atomic mass is 9.98. The molecular formula is C26H24FNO3S. The zero-order valence-corrected chi connectivity index (χ0v) is 19.0. The van der Waals surface area contributed by atoms with Gasteiger partial charge in [0.25, 0.3) is 0 Å². The molecule has 4 nitrogen and oxygen atoms in total. The van der Waals surface area contributed by atoms with Gasteiger partial charge in [-0.05, 0) is 67.8 Å². The molecule has 1 aliphatic heterocycles. The van der Waals surface area contributed by atoms with Gasteiger partial charge in [0.15, 0.2) is 0 Å². The second-order valence-corrected chi connectivity index (χ2v) is 9.31. The van der Waals surface area contributed by atoms with Crippen molar-refractivity contribution in [3.63, 3.8) is 0 Å². The number of benzene rings is 3. The summed E-state index contributed by atoms with van der Waals surface area (Å²) in [5, 5.41) is -0.239. The fraction of sp³-hybridized carbons (Fsp3) is 0.231. The van der Waals surface area contributed by atoms with Crippen LogP contribution in [0.5, 0.6) is 0 Å². The summed E-state index contributed by atoms with van der Waals surface area (Å²) < 4.78 is 19.1. The van der Waals surface area contributed by atoms with E-state index in [4.69, 9.17) is 4.74 Å². The van der Waals surface area contributed by atoms with E-state index in [1.807, 2.05) is 51.1 Å². The number of carbonyl (C=O) groups excluding carboxylic acids is 2. The molecule has 1 amide bonds. The summed E-state index contributed by atoms with van der Waals surface area (Å²) in [5.41, 5.74) is 2.93. The minimum Gasteiger partial charge on any atom is -0.451 e. The predicted octanol–water partition coefficient (Wildman–Crippen LogP) is 6.00. The summed E-state index contributed by atoms with van der Waals surface area (Å²) in [4.78, 5) is 27.3. The molecule has 0 spiro atoms. The van der Waals surface area contributed by atoms with Crippen LogP contribution < -0.4 is 4.90 Å². The number of nitrogens with zero attached hydrogens (tertiary/aromatic N) is 1. The van der Waals surface area contributed by atoms with E-state index in [0.29, 0.717) is 11.3 Å². The highest BCUT2D eigenvalue weighted by atomic mass is 32.2. The van der Waals surface area contributed by atoms with Crippen LogP contribution in [0.1, 0.15) is 46.3 Å². The Morgan fingerprint density at radius 1 is 1.06 bits per heavy atom. The van der Waals surface area contributed by atoms with E-state index < -0.39 is 11.6 Å². The van der Waals surface area contributed by atoms with Crippen LogP contribution in [0.4, 0.5) is 10.1 Å². The van der Waals surface area contributed by atoms with Gasteiger partial charge in [0.2, 0.25) is 5.91 Å². The van der Waals surface area contributed by atoms with E-state index in [1.165, 1.54) is 23.9 Å². The second kappa shape index (κ2) is 8.79. The third kappa shape index (κ3) is 4.41. The Labute approximate surface area is 191 Å². The van der Waals surface area contributed by atoms with Crippen LogP contribution in [-0.4, -0.2) is 17.6 Å². The predicted molar refractivity (Wildman–Crippen MR) is 125 cm³/mol. The van der Waals surface area contributed by atoms with Crippen LogP contribution in [0.15, 0.2) is 72.8 Å².